The number of allylic oxidation sites excluding steroid dienone is 6. The smallest absolute Gasteiger partial charge is 0.255 e. The summed E-state index contributed by atoms with van der Waals surface area (Å²) >= 11 is 1.68. The van der Waals surface area contributed by atoms with Gasteiger partial charge in [-0.25, -0.2) is 4.98 Å². The molecule has 0 aliphatic carbocycles. The minimum Gasteiger partial charge on any atom is -0.369 e. The number of thiazole rings is 1. The minimum atomic E-state index is -0.0278. The van der Waals surface area contributed by atoms with Crippen molar-refractivity contribution in [1.29, 1.82) is 0 Å². The first-order valence-corrected chi connectivity index (χ1v) is 11.5. The summed E-state index contributed by atoms with van der Waals surface area (Å²) in [5.74, 6) is -0.0278. The number of carbonyl (C=O) groups excluding carboxylic acids is 1. The van der Waals surface area contributed by atoms with E-state index in [1.165, 1.54) is 0 Å². The van der Waals surface area contributed by atoms with Crippen molar-refractivity contribution in [3.63, 3.8) is 0 Å². The standard InChI is InChI=1S/C25H26N4OS/c1-18-26-23-10-7-20(15-24(23)31-18)19-5-3-6-21-8-9-22(17-29(21)25(30)16-19)28-12-4-11-27(2)13-14-28/h3,5-10,15-17H,4,11-14H2,1-2H3/b5-3+,19-16+,21-6+. The van der Waals surface area contributed by atoms with Crippen LogP contribution in [-0.2, 0) is 4.79 Å². The summed E-state index contributed by atoms with van der Waals surface area (Å²) in [5, 5.41) is 1.05. The molecular weight excluding hydrogens is 404 g/mol. The van der Waals surface area contributed by atoms with Gasteiger partial charge < -0.3 is 9.80 Å². The molecular formula is C25H26N4OS. The molecule has 5 rings (SSSR count). The van der Waals surface area contributed by atoms with Gasteiger partial charge in [-0.2, -0.15) is 0 Å². The summed E-state index contributed by atoms with van der Waals surface area (Å²) in [7, 11) is 2.17. The third kappa shape index (κ3) is 4.13. The molecule has 5 nitrogen and oxygen atoms in total. The van der Waals surface area contributed by atoms with Crippen LogP contribution in [0, 0.1) is 6.92 Å². The van der Waals surface area contributed by atoms with Gasteiger partial charge in [-0.15, -0.1) is 11.3 Å². The molecule has 2 aromatic rings. The quantitative estimate of drug-likeness (QED) is 0.711. The highest BCUT2D eigenvalue weighted by Gasteiger charge is 2.22. The number of hydrogen-bond donors (Lipinski definition) is 0. The van der Waals surface area contributed by atoms with Crippen molar-refractivity contribution in [1.82, 2.24) is 19.7 Å². The first-order valence-electron chi connectivity index (χ1n) is 10.7. The number of nitrogens with zero attached hydrogens (tertiary/aromatic N) is 4. The molecule has 31 heavy (non-hydrogen) atoms. The van der Waals surface area contributed by atoms with E-state index in [0.29, 0.717) is 0 Å². The molecule has 0 atom stereocenters. The topological polar surface area (TPSA) is 39.7 Å². The van der Waals surface area contributed by atoms with E-state index in [0.717, 1.165) is 70.4 Å². The lowest BCUT2D eigenvalue weighted by Gasteiger charge is -2.30. The fourth-order valence-electron chi connectivity index (χ4n) is 4.22. The van der Waals surface area contributed by atoms with E-state index in [4.69, 9.17) is 0 Å². The van der Waals surface area contributed by atoms with Gasteiger partial charge >= 0.3 is 0 Å². The zero-order chi connectivity index (χ0) is 21.4. The molecule has 0 bridgehead atoms. The average Bonchev–Trinajstić information content (AvgIpc) is 2.99. The second-order valence-electron chi connectivity index (χ2n) is 8.21. The maximum Gasteiger partial charge on any atom is 0.255 e. The number of amides is 1. The monoisotopic (exact) mass is 430 g/mol. The number of likely N-dealkylation sites (N-methyl/N-ethyl adjacent to an activating group) is 1. The normalized spacial score (nSPS) is 24.5. The Labute approximate surface area is 187 Å². The number of benzene rings is 1. The largest absolute Gasteiger partial charge is 0.369 e. The van der Waals surface area contributed by atoms with Crippen LogP contribution in [0.3, 0.4) is 0 Å². The predicted molar refractivity (Wildman–Crippen MR) is 127 cm³/mol. The van der Waals surface area contributed by atoms with E-state index >= 15 is 0 Å². The van der Waals surface area contributed by atoms with Crippen molar-refractivity contribution in [2.24, 2.45) is 0 Å². The lowest BCUT2D eigenvalue weighted by atomic mass is 10.0. The lowest BCUT2D eigenvalue weighted by molar-refractivity contribution is -0.122. The van der Waals surface area contributed by atoms with E-state index in [1.54, 1.807) is 22.3 Å². The van der Waals surface area contributed by atoms with Gasteiger partial charge in [-0.1, -0.05) is 18.2 Å². The Morgan fingerprint density at radius 2 is 1.90 bits per heavy atom. The third-order valence-corrected chi connectivity index (χ3v) is 6.87. The Morgan fingerprint density at radius 3 is 2.81 bits per heavy atom. The van der Waals surface area contributed by atoms with Crippen LogP contribution in [0.4, 0.5) is 0 Å². The van der Waals surface area contributed by atoms with Crippen molar-refractivity contribution in [3.8, 4) is 0 Å². The van der Waals surface area contributed by atoms with Crippen LogP contribution in [0.15, 0.2) is 72.2 Å². The van der Waals surface area contributed by atoms with Crippen molar-refractivity contribution in [3.05, 3.63) is 82.8 Å². The predicted octanol–water partition coefficient (Wildman–Crippen LogP) is 4.32. The highest BCUT2D eigenvalue weighted by atomic mass is 32.1. The number of hydrogen-bond acceptors (Lipinski definition) is 5. The summed E-state index contributed by atoms with van der Waals surface area (Å²) in [6, 6.07) is 6.20. The van der Waals surface area contributed by atoms with Crippen LogP contribution in [-0.4, -0.2) is 58.8 Å². The molecule has 3 aliphatic heterocycles. The van der Waals surface area contributed by atoms with Gasteiger partial charge in [-0.05, 0) is 68.4 Å². The molecule has 1 aromatic carbocycles. The maximum atomic E-state index is 13.3. The lowest BCUT2D eigenvalue weighted by Crippen LogP contribution is -2.32. The molecule has 1 saturated heterocycles. The van der Waals surface area contributed by atoms with Crippen LogP contribution >= 0.6 is 11.3 Å². The molecule has 3 aliphatic rings. The zero-order valence-electron chi connectivity index (χ0n) is 17.9. The van der Waals surface area contributed by atoms with Gasteiger partial charge in [-0.3, -0.25) is 9.69 Å². The Bertz CT molecular complexity index is 1180. The molecule has 0 N–H and O–H groups in total. The Hall–Kier alpha value is -2.96. The SMILES string of the molecule is Cc1nc2ccc(C3=C\C(=O)N4C=C(N5CCCN(C)CC5)C=C\C4=C/C=C/3)cc2s1. The molecule has 1 aromatic heterocycles. The first kappa shape index (κ1) is 20.0. The van der Waals surface area contributed by atoms with Gasteiger partial charge in [0.2, 0.25) is 0 Å². The Balaban J connectivity index is 1.45. The fourth-order valence-corrected chi connectivity index (χ4v) is 5.09. The van der Waals surface area contributed by atoms with Gasteiger partial charge in [0.05, 0.1) is 20.9 Å². The molecule has 158 valence electrons. The second-order valence-corrected chi connectivity index (χ2v) is 9.44. The number of aryl methyl sites for hydroxylation is 1. The van der Waals surface area contributed by atoms with E-state index in [1.807, 2.05) is 49.6 Å². The second kappa shape index (κ2) is 8.29. The molecule has 4 heterocycles. The molecule has 0 radical (unpaired) electrons. The molecule has 0 spiro atoms. The maximum absolute atomic E-state index is 13.3. The number of fused-ring (bicyclic) bond motifs is 2. The van der Waals surface area contributed by atoms with E-state index in [-0.39, 0.29) is 5.91 Å². The van der Waals surface area contributed by atoms with Crippen LogP contribution in [0.1, 0.15) is 17.0 Å². The number of rotatable bonds is 2. The highest BCUT2D eigenvalue weighted by molar-refractivity contribution is 7.18. The minimum absolute atomic E-state index is 0.0278. The van der Waals surface area contributed by atoms with Gasteiger partial charge in [0.1, 0.15) is 0 Å². The molecule has 0 unspecified atom stereocenters. The summed E-state index contributed by atoms with van der Waals surface area (Å²) in [4.78, 5) is 24.3. The third-order valence-electron chi connectivity index (χ3n) is 5.94. The molecule has 1 amide bonds. The van der Waals surface area contributed by atoms with Gasteiger partial charge in [0.15, 0.2) is 0 Å². The van der Waals surface area contributed by atoms with E-state index in [2.05, 4.69) is 34.0 Å². The van der Waals surface area contributed by atoms with Crippen LogP contribution in [0.5, 0.6) is 0 Å². The van der Waals surface area contributed by atoms with Crippen LogP contribution in [0.2, 0.25) is 0 Å². The first-order chi connectivity index (χ1) is 15.1. The fraction of sp³-hybridized carbons (Fsp3) is 0.280. The van der Waals surface area contributed by atoms with Gasteiger partial charge in [0.25, 0.3) is 5.91 Å². The highest BCUT2D eigenvalue weighted by Crippen LogP contribution is 2.29. The van der Waals surface area contributed by atoms with Crippen molar-refractivity contribution < 1.29 is 4.79 Å². The van der Waals surface area contributed by atoms with Crippen molar-refractivity contribution in [2.75, 3.05) is 33.2 Å². The van der Waals surface area contributed by atoms with E-state index < -0.39 is 0 Å². The zero-order valence-corrected chi connectivity index (χ0v) is 18.7. The average molecular weight is 431 g/mol. The molecule has 6 heteroatoms. The summed E-state index contributed by atoms with van der Waals surface area (Å²) < 4.78 is 1.14. The summed E-state index contributed by atoms with van der Waals surface area (Å²) in [6.07, 6.45) is 15.1. The van der Waals surface area contributed by atoms with Crippen molar-refractivity contribution in [2.45, 2.75) is 13.3 Å². The Kier molecular flexibility index (Phi) is 5.34. The number of aromatic nitrogens is 1. The Morgan fingerprint density at radius 1 is 1.03 bits per heavy atom. The van der Waals surface area contributed by atoms with E-state index in [9.17, 15) is 4.79 Å². The molecule has 1 fully saturated rings. The van der Waals surface area contributed by atoms with Crippen LogP contribution < -0.4 is 0 Å². The summed E-state index contributed by atoms with van der Waals surface area (Å²) in [5.41, 5.74) is 4.94. The van der Waals surface area contributed by atoms with Crippen molar-refractivity contribution >= 4 is 33.0 Å². The number of carbonyl (C=O) groups is 1. The van der Waals surface area contributed by atoms with Crippen LogP contribution in [0.25, 0.3) is 15.8 Å². The summed E-state index contributed by atoms with van der Waals surface area (Å²) in [6.45, 7) is 6.15. The van der Waals surface area contributed by atoms with Gasteiger partial charge in [0, 0.05) is 37.6 Å². The molecule has 0 saturated carbocycles.